The van der Waals surface area contributed by atoms with Crippen LogP contribution in [0, 0.1) is 17.5 Å². The summed E-state index contributed by atoms with van der Waals surface area (Å²) in [6, 6.07) is 13.2. The molecule has 0 bridgehead atoms. The Morgan fingerprint density at radius 3 is 2.30 bits per heavy atom. The fourth-order valence-corrected chi connectivity index (χ4v) is 4.44. The molecule has 3 rings (SSSR count). The molecule has 0 fully saturated rings. The number of anilines is 1. The lowest BCUT2D eigenvalue weighted by Gasteiger charge is -2.21. The fraction of sp³-hybridized carbons (Fsp3) is 0.280. The zero-order valence-electron chi connectivity index (χ0n) is 19.6. The van der Waals surface area contributed by atoms with Gasteiger partial charge < -0.3 is 15.2 Å². The van der Waals surface area contributed by atoms with Gasteiger partial charge in [0.1, 0.15) is 18.5 Å². The minimum Gasteiger partial charge on any atom is -0.491 e. The highest BCUT2D eigenvalue weighted by Crippen LogP contribution is 2.29. The molecule has 0 heterocycles. The van der Waals surface area contributed by atoms with Crippen molar-refractivity contribution < 1.29 is 31.4 Å². The summed E-state index contributed by atoms with van der Waals surface area (Å²) in [4.78, 5) is 0. The highest BCUT2D eigenvalue weighted by molar-refractivity contribution is 7.92. The molecular formula is C25H25Cl2F3N2O4S. The molecule has 0 aliphatic heterocycles. The monoisotopic (exact) mass is 576 g/mol. The molecule has 0 amide bonds. The number of aliphatic hydroxyl groups is 1. The summed E-state index contributed by atoms with van der Waals surface area (Å²) in [5, 5.41) is 14.0. The normalized spacial score (nSPS) is 13.3. The Kier molecular flexibility index (Phi) is 10.1. The van der Waals surface area contributed by atoms with E-state index in [1.807, 2.05) is 0 Å². The van der Waals surface area contributed by atoms with E-state index in [-0.39, 0.29) is 31.7 Å². The highest BCUT2D eigenvalue weighted by Gasteiger charge is 2.20. The van der Waals surface area contributed by atoms with Gasteiger partial charge in [-0.3, -0.25) is 4.72 Å². The Bertz CT molecular complexity index is 1330. The molecule has 200 valence electrons. The minimum atomic E-state index is -3.39. The van der Waals surface area contributed by atoms with E-state index in [0.717, 1.165) is 12.3 Å². The van der Waals surface area contributed by atoms with E-state index < -0.39 is 39.5 Å². The van der Waals surface area contributed by atoms with Crippen molar-refractivity contribution in [2.24, 2.45) is 0 Å². The molecule has 0 saturated heterocycles. The summed E-state index contributed by atoms with van der Waals surface area (Å²) < 4.78 is 71.9. The number of sulfonamides is 1. The number of hydrogen-bond acceptors (Lipinski definition) is 5. The molecule has 0 spiro atoms. The molecule has 1 unspecified atom stereocenters. The van der Waals surface area contributed by atoms with Crippen LogP contribution in [-0.2, 0) is 16.4 Å². The van der Waals surface area contributed by atoms with Crippen molar-refractivity contribution in [3.05, 3.63) is 93.2 Å². The quantitative estimate of drug-likeness (QED) is 0.260. The van der Waals surface area contributed by atoms with Gasteiger partial charge in [0.2, 0.25) is 10.0 Å². The maximum atomic E-state index is 14.3. The van der Waals surface area contributed by atoms with Crippen LogP contribution in [-0.4, -0.2) is 45.6 Å². The van der Waals surface area contributed by atoms with Crippen LogP contribution in [0.4, 0.5) is 18.9 Å². The molecule has 0 saturated carbocycles. The third kappa shape index (κ3) is 8.79. The highest BCUT2D eigenvalue weighted by atomic mass is 35.5. The molecule has 37 heavy (non-hydrogen) atoms. The van der Waals surface area contributed by atoms with Gasteiger partial charge in [-0.2, -0.15) is 0 Å². The summed E-state index contributed by atoms with van der Waals surface area (Å²) in [6.45, 7) is 0.312. The van der Waals surface area contributed by atoms with Crippen molar-refractivity contribution in [1.82, 2.24) is 5.32 Å². The van der Waals surface area contributed by atoms with E-state index in [2.05, 4.69) is 10.0 Å². The summed E-state index contributed by atoms with van der Waals surface area (Å²) >= 11 is 12.1. The molecule has 0 aliphatic rings. The predicted molar refractivity (Wildman–Crippen MR) is 139 cm³/mol. The lowest BCUT2D eigenvalue weighted by molar-refractivity contribution is 0.106. The summed E-state index contributed by atoms with van der Waals surface area (Å²) in [6.07, 6.45) is 0.165. The Morgan fingerprint density at radius 1 is 0.946 bits per heavy atom. The molecule has 3 aromatic carbocycles. The number of hydrogen-bond donors (Lipinski definition) is 3. The van der Waals surface area contributed by atoms with Crippen molar-refractivity contribution in [2.45, 2.75) is 18.4 Å². The van der Waals surface area contributed by atoms with Crippen molar-refractivity contribution in [1.29, 1.82) is 0 Å². The molecule has 6 nitrogen and oxygen atoms in total. The first-order valence-electron chi connectivity index (χ1n) is 11.1. The van der Waals surface area contributed by atoms with Gasteiger partial charge in [-0.25, -0.2) is 21.6 Å². The third-order valence-electron chi connectivity index (χ3n) is 5.37. The zero-order valence-corrected chi connectivity index (χ0v) is 22.0. The summed E-state index contributed by atoms with van der Waals surface area (Å²) in [5.41, 5.74) is 1.07. The number of halogens is 5. The maximum Gasteiger partial charge on any atom is 0.229 e. The molecule has 12 heteroatoms. The molecule has 3 aromatic rings. The van der Waals surface area contributed by atoms with Crippen LogP contribution in [0.2, 0.25) is 10.0 Å². The topological polar surface area (TPSA) is 87.7 Å². The fourth-order valence-electron chi connectivity index (χ4n) is 3.57. The van der Waals surface area contributed by atoms with Crippen LogP contribution in [0.5, 0.6) is 5.75 Å². The van der Waals surface area contributed by atoms with E-state index in [9.17, 15) is 26.7 Å². The summed E-state index contributed by atoms with van der Waals surface area (Å²) in [5.74, 6) is -4.03. The molecular weight excluding hydrogens is 552 g/mol. The first-order valence-corrected chi connectivity index (χ1v) is 13.7. The predicted octanol–water partition coefficient (Wildman–Crippen LogP) is 5.14. The lowest BCUT2D eigenvalue weighted by Crippen LogP contribution is -2.34. The Hall–Kier alpha value is -2.50. The van der Waals surface area contributed by atoms with Crippen LogP contribution in [0.1, 0.15) is 17.0 Å². The second-order valence-electron chi connectivity index (χ2n) is 8.43. The van der Waals surface area contributed by atoms with Crippen molar-refractivity contribution in [3.63, 3.8) is 0 Å². The van der Waals surface area contributed by atoms with Gasteiger partial charge in [0.15, 0.2) is 17.5 Å². The average molecular weight is 577 g/mol. The van der Waals surface area contributed by atoms with E-state index in [4.69, 9.17) is 27.9 Å². The molecule has 0 aliphatic carbocycles. The molecule has 2 atom stereocenters. The molecule has 3 N–H and O–H groups in total. The number of ether oxygens (including phenoxy) is 1. The minimum absolute atomic E-state index is 0.00513. The van der Waals surface area contributed by atoms with Gasteiger partial charge in [-0.05, 0) is 60.0 Å². The van der Waals surface area contributed by atoms with Crippen LogP contribution < -0.4 is 14.8 Å². The van der Waals surface area contributed by atoms with Crippen molar-refractivity contribution in [3.8, 4) is 5.75 Å². The van der Waals surface area contributed by atoms with Gasteiger partial charge in [0.25, 0.3) is 0 Å². The van der Waals surface area contributed by atoms with Crippen LogP contribution >= 0.6 is 23.2 Å². The Morgan fingerprint density at radius 2 is 1.65 bits per heavy atom. The second-order valence-corrected chi connectivity index (χ2v) is 11.0. The Labute approximate surface area is 223 Å². The zero-order chi connectivity index (χ0) is 27.2. The van der Waals surface area contributed by atoms with Gasteiger partial charge in [0, 0.05) is 24.7 Å². The molecule has 0 aromatic heterocycles. The number of rotatable bonds is 12. The van der Waals surface area contributed by atoms with Crippen molar-refractivity contribution in [2.75, 3.05) is 30.7 Å². The van der Waals surface area contributed by atoms with Crippen LogP contribution in [0.15, 0.2) is 54.6 Å². The summed E-state index contributed by atoms with van der Waals surface area (Å²) in [7, 11) is -3.39. The number of benzene rings is 3. The van der Waals surface area contributed by atoms with Gasteiger partial charge >= 0.3 is 0 Å². The molecule has 0 radical (unpaired) electrons. The van der Waals surface area contributed by atoms with E-state index in [1.54, 1.807) is 30.3 Å². The number of aliphatic hydroxyl groups excluding tert-OH is 1. The van der Waals surface area contributed by atoms with E-state index in [1.165, 1.54) is 18.2 Å². The van der Waals surface area contributed by atoms with Crippen LogP contribution in [0.3, 0.4) is 0 Å². The smallest absolute Gasteiger partial charge is 0.229 e. The standard InChI is InChI=1S/C25H25Cl2F3N2O4S/c1-37(34,35)32-18-4-6-20(7-5-18)36-14-19(33)13-31-12-17(15-2-8-21(26)22(27)11-15)10-16-3-9-23(28)25(30)24(16)29/h2-9,11,17,19,31-33H,10,12-14H2,1H3/t17?,19-/m0/s1. The van der Waals surface area contributed by atoms with Gasteiger partial charge in [-0.15, -0.1) is 0 Å². The van der Waals surface area contributed by atoms with E-state index >= 15 is 0 Å². The third-order valence-corrected chi connectivity index (χ3v) is 6.71. The largest absolute Gasteiger partial charge is 0.491 e. The average Bonchev–Trinajstić information content (AvgIpc) is 2.84. The SMILES string of the molecule is CS(=O)(=O)Nc1ccc(OC[C@@H](O)CNCC(Cc2ccc(F)c(F)c2F)c2ccc(Cl)c(Cl)c2)cc1. The van der Waals surface area contributed by atoms with E-state index in [0.29, 0.717) is 27.0 Å². The van der Waals surface area contributed by atoms with Gasteiger partial charge in [0.05, 0.1) is 16.3 Å². The van der Waals surface area contributed by atoms with Crippen LogP contribution in [0.25, 0.3) is 0 Å². The number of nitrogens with one attached hydrogen (secondary N) is 2. The second kappa shape index (κ2) is 12.8. The first kappa shape index (κ1) is 29.1. The first-order chi connectivity index (χ1) is 17.4. The maximum absolute atomic E-state index is 14.3. The Balaban J connectivity index is 1.59. The van der Waals surface area contributed by atoms with Crippen molar-refractivity contribution >= 4 is 38.9 Å². The lowest BCUT2D eigenvalue weighted by atomic mass is 9.91. The van der Waals surface area contributed by atoms with Gasteiger partial charge in [-0.1, -0.05) is 35.3 Å².